The smallest absolute Gasteiger partial charge is 0.248 e. The number of rotatable bonds is 4. The first-order chi connectivity index (χ1) is 8.66. The molecule has 0 saturated heterocycles. The molecule has 1 amide bonds. The van der Waals surface area contributed by atoms with Crippen LogP contribution in [0, 0.1) is 5.82 Å². The van der Waals surface area contributed by atoms with E-state index in [2.05, 4.69) is 0 Å². The predicted octanol–water partition coefficient (Wildman–Crippen LogP) is 2.50. The topological polar surface area (TPSA) is 52.3 Å². The summed E-state index contributed by atoms with van der Waals surface area (Å²) in [4.78, 5) is 10.9. The van der Waals surface area contributed by atoms with Crippen LogP contribution in [0.1, 0.15) is 15.9 Å². The fraction of sp³-hybridized carbons (Fsp3) is 0.0714. The van der Waals surface area contributed by atoms with E-state index in [1.807, 2.05) is 0 Å². The minimum absolute atomic E-state index is 0.205. The highest BCUT2D eigenvalue weighted by molar-refractivity contribution is 5.92. The molecule has 0 unspecified atom stereocenters. The minimum atomic E-state index is -0.475. The fourth-order valence-electron chi connectivity index (χ4n) is 1.49. The van der Waals surface area contributed by atoms with E-state index in [0.29, 0.717) is 5.56 Å². The summed E-state index contributed by atoms with van der Waals surface area (Å²) in [5.74, 6) is -0.667. The third kappa shape index (κ3) is 2.85. The molecular formula is C14H12FNO2. The number of ether oxygens (including phenoxy) is 1. The summed E-state index contributed by atoms with van der Waals surface area (Å²) in [6.45, 7) is 0.236. The van der Waals surface area contributed by atoms with Crippen LogP contribution in [-0.4, -0.2) is 5.91 Å². The quantitative estimate of drug-likeness (QED) is 0.899. The van der Waals surface area contributed by atoms with Crippen LogP contribution >= 0.6 is 0 Å². The molecule has 0 heterocycles. The molecule has 0 fully saturated rings. The first kappa shape index (κ1) is 12.1. The number of para-hydroxylation sites is 1. The predicted molar refractivity (Wildman–Crippen MR) is 65.7 cm³/mol. The first-order valence-electron chi connectivity index (χ1n) is 5.43. The summed E-state index contributed by atoms with van der Waals surface area (Å²) in [7, 11) is 0. The van der Waals surface area contributed by atoms with Gasteiger partial charge in [0.25, 0.3) is 0 Å². The lowest BCUT2D eigenvalue weighted by atomic mass is 10.1. The van der Waals surface area contributed by atoms with Gasteiger partial charge >= 0.3 is 0 Å². The zero-order valence-corrected chi connectivity index (χ0v) is 9.60. The molecule has 0 aliphatic carbocycles. The zero-order valence-electron chi connectivity index (χ0n) is 9.60. The molecular weight excluding hydrogens is 233 g/mol. The van der Waals surface area contributed by atoms with Gasteiger partial charge in [-0.1, -0.05) is 24.3 Å². The summed E-state index contributed by atoms with van der Waals surface area (Å²) in [6.07, 6.45) is 0. The summed E-state index contributed by atoms with van der Waals surface area (Å²) < 4.78 is 18.6. The number of hydrogen-bond acceptors (Lipinski definition) is 2. The molecule has 3 nitrogen and oxygen atoms in total. The van der Waals surface area contributed by atoms with E-state index >= 15 is 0 Å². The van der Waals surface area contributed by atoms with Gasteiger partial charge < -0.3 is 10.5 Å². The number of amides is 1. The van der Waals surface area contributed by atoms with Crippen molar-refractivity contribution in [2.75, 3.05) is 0 Å². The van der Waals surface area contributed by atoms with E-state index < -0.39 is 11.7 Å². The van der Waals surface area contributed by atoms with Gasteiger partial charge in [-0.05, 0) is 29.8 Å². The van der Waals surface area contributed by atoms with Crippen LogP contribution in [0.4, 0.5) is 4.39 Å². The van der Waals surface area contributed by atoms with Crippen molar-refractivity contribution in [3.63, 3.8) is 0 Å². The number of nitrogens with two attached hydrogens (primary N) is 1. The van der Waals surface area contributed by atoms with Crippen LogP contribution in [0.5, 0.6) is 5.75 Å². The summed E-state index contributed by atoms with van der Waals surface area (Å²) >= 11 is 0. The maximum atomic E-state index is 13.3. The molecule has 2 aromatic rings. The second-order valence-electron chi connectivity index (χ2n) is 3.78. The molecule has 4 heteroatoms. The van der Waals surface area contributed by atoms with Crippen molar-refractivity contribution in [2.24, 2.45) is 5.73 Å². The van der Waals surface area contributed by atoms with Crippen molar-refractivity contribution in [2.45, 2.75) is 6.61 Å². The molecule has 0 aliphatic rings. The highest BCUT2D eigenvalue weighted by Gasteiger charge is 2.03. The normalized spacial score (nSPS) is 10.1. The molecule has 0 radical (unpaired) electrons. The van der Waals surface area contributed by atoms with E-state index in [4.69, 9.17) is 10.5 Å². The number of carbonyl (C=O) groups excluding carboxylic acids is 1. The Balaban J connectivity index is 2.02. The average molecular weight is 245 g/mol. The summed E-state index contributed by atoms with van der Waals surface area (Å²) in [6, 6.07) is 12.9. The molecule has 18 heavy (non-hydrogen) atoms. The van der Waals surface area contributed by atoms with Crippen molar-refractivity contribution in [3.8, 4) is 5.75 Å². The first-order valence-corrected chi connectivity index (χ1v) is 5.43. The lowest BCUT2D eigenvalue weighted by Gasteiger charge is -2.07. The average Bonchev–Trinajstić information content (AvgIpc) is 2.38. The van der Waals surface area contributed by atoms with Gasteiger partial charge in [0.05, 0.1) is 0 Å². The van der Waals surface area contributed by atoms with E-state index in [9.17, 15) is 9.18 Å². The number of hydrogen-bond donors (Lipinski definition) is 1. The van der Waals surface area contributed by atoms with E-state index in [1.54, 1.807) is 42.5 Å². The lowest BCUT2D eigenvalue weighted by molar-refractivity contribution is 0.1000. The van der Waals surface area contributed by atoms with Crippen molar-refractivity contribution >= 4 is 5.91 Å². The van der Waals surface area contributed by atoms with Gasteiger partial charge in [0.2, 0.25) is 5.91 Å². The van der Waals surface area contributed by atoms with Crippen LogP contribution in [0.2, 0.25) is 0 Å². The summed E-state index contributed by atoms with van der Waals surface area (Å²) in [5.41, 5.74) is 6.40. The molecule has 92 valence electrons. The van der Waals surface area contributed by atoms with Gasteiger partial charge in [-0.15, -0.1) is 0 Å². The second kappa shape index (κ2) is 5.31. The molecule has 0 bridgehead atoms. The minimum Gasteiger partial charge on any atom is -0.486 e. The molecule has 2 aromatic carbocycles. The third-order valence-electron chi connectivity index (χ3n) is 2.47. The maximum Gasteiger partial charge on any atom is 0.248 e. The Hall–Kier alpha value is -2.36. The summed E-state index contributed by atoms with van der Waals surface area (Å²) in [5, 5.41) is 0. The van der Waals surface area contributed by atoms with Crippen molar-refractivity contribution in [1.82, 2.24) is 0 Å². The highest BCUT2D eigenvalue weighted by Crippen LogP contribution is 2.17. The molecule has 2 rings (SSSR count). The number of primary amides is 1. The van der Waals surface area contributed by atoms with Gasteiger partial charge in [-0.3, -0.25) is 4.79 Å². The SMILES string of the molecule is NC(=O)c1ccc(COc2ccccc2F)cc1. The van der Waals surface area contributed by atoms with Gasteiger partial charge in [-0.25, -0.2) is 4.39 Å². The number of benzene rings is 2. The molecule has 0 saturated carbocycles. The van der Waals surface area contributed by atoms with E-state index in [0.717, 1.165) is 5.56 Å². The monoisotopic (exact) mass is 245 g/mol. The second-order valence-corrected chi connectivity index (χ2v) is 3.78. The zero-order chi connectivity index (χ0) is 13.0. The number of halogens is 1. The van der Waals surface area contributed by atoms with Crippen LogP contribution in [0.25, 0.3) is 0 Å². The Bertz CT molecular complexity index is 552. The van der Waals surface area contributed by atoms with E-state index in [-0.39, 0.29) is 12.4 Å². The van der Waals surface area contributed by atoms with Crippen molar-refractivity contribution in [1.29, 1.82) is 0 Å². The molecule has 2 N–H and O–H groups in total. The third-order valence-corrected chi connectivity index (χ3v) is 2.47. The van der Waals surface area contributed by atoms with Gasteiger partial charge in [0.1, 0.15) is 6.61 Å². The Morgan fingerprint density at radius 2 is 1.78 bits per heavy atom. The van der Waals surface area contributed by atoms with Crippen LogP contribution in [-0.2, 0) is 6.61 Å². The number of carbonyl (C=O) groups is 1. The molecule has 0 aromatic heterocycles. The Morgan fingerprint density at radius 3 is 2.39 bits per heavy atom. The largest absolute Gasteiger partial charge is 0.486 e. The van der Waals surface area contributed by atoms with Gasteiger partial charge in [-0.2, -0.15) is 0 Å². The molecule has 0 atom stereocenters. The van der Waals surface area contributed by atoms with Gasteiger partial charge in [0, 0.05) is 5.56 Å². The van der Waals surface area contributed by atoms with Crippen molar-refractivity contribution in [3.05, 3.63) is 65.5 Å². The van der Waals surface area contributed by atoms with Crippen LogP contribution in [0.15, 0.2) is 48.5 Å². The fourth-order valence-corrected chi connectivity index (χ4v) is 1.49. The Morgan fingerprint density at radius 1 is 1.11 bits per heavy atom. The van der Waals surface area contributed by atoms with Crippen LogP contribution < -0.4 is 10.5 Å². The lowest BCUT2D eigenvalue weighted by Crippen LogP contribution is -2.10. The Kier molecular flexibility index (Phi) is 3.57. The molecule has 0 spiro atoms. The standard InChI is InChI=1S/C14H12FNO2/c15-12-3-1-2-4-13(12)18-9-10-5-7-11(8-6-10)14(16)17/h1-8H,9H2,(H2,16,17). The van der Waals surface area contributed by atoms with E-state index in [1.165, 1.54) is 6.07 Å². The highest BCUT2D eigenvalue weighted by atomic mass is 19.1. The van der Waals surface area contributed by atoms with Gasteiger partial charge in [0.15, 0.2) is 11.6 Å². The van der Waals surface area contributed by atoms with Crippen molar-refractivity contribution < 1.29 is 13.9 Å². The Labute approximate surface area is 104 Å². The van der Waals surface area contributed by atoms with Crippen LogP contribution in [0.3, 0.4) is 0 Å². The maximum absolute atomic E-state index is 13.3. The molecule has 0 aliphatic heterocycles.